The number of halogens is 3. The Labute approximate surface area is 130 Å². The molecule has 122 valence electrons. The van der Waals surface area contributed by atoms with Crippen molar-refractivity contribution in [1.82, 2.24) is 10.6 Å². The smallest absolute Gasteiger partial charge is 0.335 e. The van der Waals surface area contributed by atoms with Gasteiger partial charge in [-0.1, -0.05) is 13.0 Å². The molecule has 0 aliphatic rings. The van der Waals surface area contributed by atoms with E-state index in [1.807, 2.05) is 6.92 Å². The van der Waals surface area contributed by atoms with Gasteiger partial charge < -0.3 is 5.32 Å². The number of amides is 3. The zero-order valence-corrected chi connectivity index (χ0v) is 13.0. The van der Waals surface area contributed by atoms with Crippen molar-refractivity contribution in [1.29, 1.82) is 0 Å². The Balaban J connectivity index is 2.49. The zero-order chi connectivity index (χ0) is 16.8. The lowest BCUT2D eigenvalue weighted by molar-refractivity contribution is -0.137. The van der Waals surface area contributed by atoms with E-state index >= 15 is 0 Å². The normalized spacial score (nSPS) is 12.6. The van der Waals surface area contributed by atoms with Crippen LogP contribution in [0.4, 0.5) is 18.0 Å². The van der Waals surface area contributed by atoms with Gasteiger partial charge in [-0.05, 0) is 31.5 Å². The van der Waals surface area contributed by atoms with Gasteiger partial charge in [-0.25, -0.2) is 4.79 Å². The summed E-state index contributed by atoms with van der Waals surface area (Å²) in [6.45, 7) is 3.68. The molecule has 1 atom stereocenters. The molecule has 8 heteroatoms. The number of carbonyl (C=O) groups is 2. The number of carbonyl (C=O) groups excluding carboxylic acids is 2. The third-order valence-corrected chi connectivity index (χ3v) is 3.77. The molecule has 1 aromatic carbocycles. The number of imide groups is 1. The van der Waals surface area contributed by atoms with E-state index in [9.17, 15) is 22.8 Å². The number of thioether (sulfide) groups is 1. The number of alkyl halides is 3. The molecular formula is C14H17F3N2O2S. The Morgan fingerprint density at radius 3 is 2.59 bits per heavy atom. The Kier molecular flexibility index (Phi) is 6.73. The van der Waals surface area contributed by atoms with Crippen LogP contribution in [0.15, 0.2) is 29.2 Å². The van der Waals surface area contributed by atoms with Crippen molar-refractivity contribution in [2.24, 2.45) is 0 Å². The van der Waals surface area contributed by atoms with E-state index in [-0.39, 0.29) is 11.8 Å². The second-order valence-corrected chi connectivity index (χ2v) is 5.69. The topological polar surface area (TPSA) is 58.2 Å². The van der Waals surface area contributed by atoms with Crippen LogP contribution in [0.2, 0.25) is 0 Å². The fourth-order valence-electron chi connectivity index (χ4n) is 1.44. The van der Waals surface area contributed by atoms with Crippen molar-refractivity contribution in [3.63, 3.8) is 0 Å². The Morgan fingerprint density at radius 1 is 1.32 bits per heavy atom. The summed E-state index contributed by atoms with van der Waals surface area (Å²) in [6, 6.07) is 4.01. The molecule has 0 aliphatic carbocycles. The van der Waals surface area contributed by atoms with Crippen LogP contribution in [-0.4, -0.2) is 23.7 Å². The largest absolute Gasteiger partial charge is 0.416 e. The number of hydrogen-bond donors (Lipinski definition) is 2. The minimum atomic E-state index is -4.42. The lowest BCUT2D eigenvalue weighted by Gasteiger charge is -2.12. The third-order valence-electron chi connectivity index (χ3n) is 2.77. The molecule has 0 aromatic heterocycles. The van der Waals surface area contributed by atoms with Crippen LogP contribution in [0.5, 0.6) is 0 Å². The summed E-state index contributed by atoms with van der Waals surface area (Å²) < 4.78 is 37.7. The fraction of sp³-hybridized carbons (Fsp3) is 0.429. The summed E-state index contributed by atoms with van der Waals surface area (Å²) >= 11 is 0.933. The molecular weight excluding hydrogens is 317 g/mol. The van der Waals surface area contributed by atoms with Gasteiger partial charge >= 0.3 is 12.2 Å². The number of benzene rings is 1. The molecule has 0 radical (unpaired) electrons. The highest BCUT2D eigenvalue weighted by molar-refractivity contribution is 8.00. The van der Waals surface area contributed by atoms with E-state index in [0.717, 1.165) is 30.3 Å². The van der Waals surface area contributed by atoms with Crippen molar-refractivity contribution in [3.05, 3.63) is 29.8 Å². The molecule has 4 nitrogen and oxygen atoms in total. The van der Waals surface area contributed by atoms with E-state index in [0.29, 0.717) is 4.90 Å². The molecule has 22 heavy (non-hydrogen) atoms. The van der Waals surface area contributed by atoms with Crippen molar-refractivity contribution >= 4 is 23.7 Å². The molecule has 2 N–H and O–H groups in total. The Morgan fingerprint density at radius 2 is 2.00 bits per heavy atom. The van der Waals surface area contributed by atoms with Crippen LogP contribution in [0.3, 0.4) is 0 Å². The monoisotopic (exact) mass is 334 g/mol. The van der Waals surface area contributed by atoms with Crippen molar-refractivity contribution in [2.75, 3.05) is 5.75 Å². The predicted molar refractivity (Wildman–Crippen MR) is 78.6 cm³/mol. The van der Waals surface area contributed by atoms with E-state index < -0.39 is 23.7 Å². The molecule has 0 saturated carbocycles. The standard InChI is InChI=1S/C14H17F3N2O2S/c1-3-9(2)18-13(21)19-12(20)8-22-11-6-4-5-10(7-11)14(15,16)17/h4-7,9H,3,8H2,1-2H3,(H2,18,19,20,21)/t9-/m0/s1. The van der Waals surface area contributed by atoms with Crippen LogP contribution in [0.1, 0.15) is 25.8 Å². The first-order valence-electron chi connectivity index (χ1n) is 6.62. The van der Waals surface area contributed by atoms with Gasteiger partial charge in [0.05, 0.1) is 11.3 Å². The van der Waals surface area contributed by atoms with Crippen LogP contribution < -0.4 is 10.6 Å². The number of rotatable bonds is 5. The maximum Gasteiger partial charge on any atom is 0.416 e. The molecule has 0 heterocycles. The van der Waals surface area contributed by atoms with Gasteiger partial charge in [-0.3, -0.25) is 10.1 Å². The summed E-state index contributed by atoms with van der Waals surface area (Å²) in [5.41, 5.74) is -0.771. The van der Waals surface area contributed by atoms with Gasteiger partial charge in [0, 0.05) is 10.9 Å². The second kappa shape index (κ2) is 8.07. The van der Waals surface area contributed by atoms with Crippen LogP contribution in [0.25, 0.3) is 0 Å². The quantitative estimate of drug-likeness (QED) is 0.811. The molecule has 3 amide bonds. The molecule has 1 aromatic rings. The average molecular weight is 334 g/mol. The van der Waals surface area contributed by atoms with Gasteiger partial charge in [0.1, 0.15) is 0 Å². The van der Waals surface area contributed by atoms with Gasteiger partial charge in [0.2, 0.25) is 5.91 Å². The van der Waals surface area contributed by atoms with Gasteiger partial charge in [-0.2, -0.15) is 13.2 Å². The number of hydrogen-bond acceptors (Lipinski definition) is 3. The first kappa shape index (κ1) is 18.3. The van der Waals surface area contributed by atoms with E-state index in [1.165, 1.54) is 12.1 Å². The van der Waals surface area contributed by atoms with Crippen LogP contribution >= 0.6 is 11.8 Å². The van der Waals surface area contributed by atoms with Crippen LogP contribution in [0, 0.1) is 0 Å². The van der Waals surface area contributed by atoms with Crippen molar-refractivity contribution in [2.45, 2.75) is 37.4 Å². The highest BCUT2D eigenvalue weighted by Crippen LogP contribution is 2.31. The lowest BCUT2D eigenvalue weighted by atomic mass is 10.2. The summed E-state index contributed by atoms with van der Waals surface area (Å²) in [6.07, 6.45) is -3.70. The van der Waals surface area contributed by atoms with Crippen molar-refractivity contribution in [3.8, 4) is 0 Å². The lowest BCUT2D eigenvalue weighted by Crippen LogP contribution is -2.43. The maximum absolute atomic E-state index is 12.6. The first-order valence-corrected chi connectivity index (χ1v) is 7.61. The van der Waals surface area contributed by atoms with Crippen molar-refractivity contribution < 1.29 is 22.8 Å². The highest BCUT2D eigenvalue weighted by Gasteiger charge is 2.30. The Bertz CT molecular complexity index is 535. The minimum Gasteiger partial charge on any atom is -0.335 e. The molecule has 0 aliphatic heterocycles. The SMILES string of the molecule is CC[C@H](C)NC(=O)NC(=O)CSc1cccc(C(F)(F)F)c1. The van der Waals surface area contributed by atoms with E-state index in [2.05, 4.69) is 10.6 Å². The molecule has 1 rings (SSSR count). The summed E-state index contributed by atoms with van der Waals surface area (Å²) in [7, 11) is 0. The summed E-state index contributed by atoms with van der Waals surface area (Å²) in [4.78, 5) is 23.3. The van der Waals surface area contributed by atoms with E-state index in [1.54, 1.807) is 6.92 Å². The third kappa shape index (κ3) is 6.38. The number of urea groups is 1. The van der Waals surface area contributed by atoms with E-state index in [4.69, 9.17) is 0 Å². The predicted octanol–water partition coefficient (Wildman–Crippen LogP) is 3.42. The molecule has 0 spiro atoms. The Hall–Kier alpha value is -1.70. The first-order chi connectivity index (χ1) is 10.2. The fourth-order valence-corrected chi connectivity index (χ4v) is 2.19. The zero-order valence-electron chi connectivity index (χ0n) is 12.2. The van der Waals surface area contributed by atoms with Crippen LogP contribution in [-0.2, 0) is 11.0 Å². The van der Waals surface area contributed by atoms with Gasteiger partial charge in [0.15, 0.2) is 0 Å². The summed E-state index contributed by atoms with van der Waals surface area (Å²) in [5.74, 6) is -0.710. The number of nitrogens with one attached hydrogen (secondary N) is 2. The van der Waals surface area contributed by atoms with Gasteiger partial charge in [-0.15, -0.1) is 11.8 Å². The van der Waals surface area contributed by atoms with Gasteiger partial charge in [0.25, 0.3) is 0 Å². The molecule has 0 bridgehead atoms. The average Bonchev–Trinajstić information content (AvgIpc) is 2.44. The maximum atomic E-state index is 12.6. The molecule has 0 fully saturated rings. The highest BCUT2D eigenvalue weighted by atomic mass is 32.2. The second-order valence-electron chi connectivity index (χ2n) is 4.65. The minimum absolute atomic E-state index is 0.0658. The molecule has 0 saturated heterocycles. The molecule has 0 unspecified atom stereocenters. The summed E-state index contributed by atoms with van der Waals surface area (Å²) in [5, 5.41) is 4.69.